The third-order valence-electron chi connectivity index (χ3n) is 5.04. The first-order valence-electron chi connectivity index (χ1n) is 9.92. The van der Waals surface area contributed by atoms with Crippen LogP contribution in [-0.2, 0) is 21.4 Å². The second kappa shape index (κ2) is 9.09. The fourth-order valence-electron chi connectivity index (χ4n) is 3.47. The largest absolute Gasteiger partial charge is 0.352 e. The van der Waals surface area contributed by atoms with Crippen molar-refractivity contribution in [1.29, 1.82) is 0 Å². The van der Waals surface area contributed by atoms with E-state index in [9.17, 15) is 22.8 Å². The number of amides is 1. The van der Waals surface area contributed by atoms with Gasteiger partial charge in [0, 0.05) is 23.5 Å². The summed E-state index contributed by atoms with van der Waals surface area (Å²) in [5, 5.41) is 3.20. The van der Waals surface area contributed by atoms with Crippen molar-refractivity contribution in [1.82, 2.24) is 13.9 Å². The van der Waals surface area contributed by atoms with Gasteiger partial charge >= 0.3 is 5.69 Å². The van der Waals surface area contributed by atoms with Crippen molar-refractivity contribution in [3.05, 3.63) is 103 Å². The van der Waals surface area contributed by atoms with Gasteiger partial charge in [-0.25, -0.2) is 13.2 Å². The highest BCUT2D eigenvalue weighted by molar-refractivity contribution is 7.90. The maximum Gasteiger partial charge on any atom is 0.350 e. The molecule has 0 radical (unpaired) electrons. The standard InChI is InChI=1S/C23H17Cl2N3O5S/c1-14(29)26-13-15-3-2-4-18(11-15)27-21-12-17(25)7-10-20(21)22(30)28(23(27)31)34(32,33)19-8-5-16(24)6-9-19/h2-12H,13H2,1H3,(H,26,29). The number of rotatable bonds is 5. The van der Waals surface area contributed by atoms with Crippen molar-refractivity contribution < 1.29 is 13.2 Å². The number of benzene rings is 3. The van der Waals surface area contributed by atoms with Crippen LogP contribution in [0.25, 0.3) is 16.6 Å². The van der Waals surface area contributed by atoms with Crippen molar-refractivity contribution >= 4 is 50.0 Å². The zero-order valence-electron chi connectivity index (χ0n) is 17.7. The molecule has 3 aromatic carbocycles. The van der Waals surface area contributed by atoms with Crippen LogP contribution in [0.15, 0.2) is 81.2 Å². The molecule has 0 atom stereocenters. The number of carbonyl (C=O) groups is 1. The normalized spacial score (nSPS) is 11.5. The van der Waals surface area contributed by atoms with Gasteiger partial charge in [0.25, 0.3) is 15.6 Å². The van der Waals surface area contributed by atoms with Gasteiger partial charge in [-0.15, -0.1) is 3.97 Å². The van der Waals surface area contributed by atoms with E-state index < -0.39 is 21.3 Å². The van der Waals surface area contributed by atoms with Gasteiger partial charge in [0.15, 0.2) is 0 Å². The van der Waals surface area contributed by atoms with E-state index in [1.807, 2.05) is 0 Å². The topological polar surface area (TPSA) is 107 Å². The molecule has 4 rings (SSSR count). The number of aromatic nitrogens is 2. The summed E-state index contributed by atoms with van der Waals surface area (Å²) >= 11 is 12.0. The molecule has 0 saturated carbocycles. The summed E-state index contributed by atoms with van der Waals surface area (Å²) in [5.41, 5.74) is -1.00. The maximum atomic E-state index is 13.6. The summed E-state index contributed by atoms with van der Waals surface area (Å²) in [6.07, 6.45) is 0. The minimum atomic E-state index is -4.56. The highest BCUT2D eigenvalue weighted by Crippen LogP contribution is 2.21. The van der Waals surface area contributed by atoms with Crippen molar-refractivity contribution in [3.63, 3.8) is 0 Å². The van der Waals surface area contributed by atoms with Crippen LogP contribution in [0.4, 0.5) is 0 Å². The van der Waals surface area contributed by atoms with E-state index in [4.69, 9.17) is 23.2 Å². The number of halogens is 2. The quantitative estimate of drug-likeness (QED) is 0.436. The Morgan fingerprint density at radius 2 is 1.62 bits per heavy atom. The van der Waals surface area contributed by atoms with Crippen LogP contribution in [0.3, 0.4) is 0 Å². The van der Waals surface area contributed by atoms with Crippen LogP contribution in [0.1, 0.15) is 12.5 Å². The molecule has 1 amide bonds. The van der Waals surface area contributed by atoms with E-state index in [2.05, 4.69) is 5.32 Å². The minimum Gasteiger partial charge on any atom is -0.352 e. The first-order chi connectivity index (χ1) is 16.1. The molecule has 0 spiro atoms. The summed E-state index contributed by atoms with van der Waals surface area (Å²) in [7, 11) is -4.56. The predicted octanol–water partition coefficient (Wildman–Crippen LogP) is 3.33. The lowest BCUT2D eigenvalue weighted by atomic mass is 10.1. The average molecular weight is 518 g/mol. The van der Waals surface area contributed by atoms with Gasteiger partial charge in [0.2, 0.25) is 5.91 Å². The Labute approximate surface area is 204 Å². The fraction of sp³-hybridized carbons (Fsp3) is 0.0870. The molecule has 8 nitrogen and oxygen atoms in total. The third kappa shape index (κ3) is 4.37. The zero-order valence-corrected chi connectivity index (χ0v) is 20.0. The first kappa shape index (κ1) is 23.7. The summed E-state index contributed by atoms with van der Waals surface area (Å²) in [5.74, 6) is -0.234. The zero-order chi connectivity index (χ0) is 24.6. The number of nitrogens with one attached hydrogen (secondary N) is 1. The van der Waals surface area contributed by atoms with Gasteiger partial charge in [0.1, 0.15) is 0 Å². The molecule has 0 bridgehead atoms. The smallest absolute Gasteiger partial charge is 0.350 e. The molecule has 0 unspecified atom stereocenters. The van der Waals surface area contributed by atoms with E-state index in [1.165, 1.54) is 49.4 Å². The van der Waals surface area contributed by atoms with E-state index in [1.54, 1.807) is 24.3 Å². The SMILES string of the molecule is CC(=O)NCc1cccc(-n2c(=O)n(S(=O)(=O)c3ccc(Cl)cc3)c(=O)c3ccc(Cl)cc32)c1. The molecule has 34 heavy (non-hydrogen) atoms. The molecule has 11 heteroatoms. The Balaban J connectivity index is 2.05. The van der Waals surface area contributed by atoms with Gasteiger partial charge in [0.05, 0.1) is 21.5 Å². The summed E-state index contributed by atoms with van der Waals surface area (Å²) in [6, 6.07) is 15.9. The predicted molar refractivity (Wildman–Crippen MR) is 130 cm³/mol. The third-order valence-corrected chi connectivity index (χ3v) is 7.20. The number of fused-ring (bicyclic) bond motifs is 1. The van der Waals surface area contributed by atoms with Gasteiger partial charge in [-0.1, -0.05) is 35.3 Å². The Kier molecular flexibility index (Phi) is 6.35. The van der Waals surface area contributed by atoms with Gasteiger partial charge in [-0.3, -0.25) is 14.2 Å². The maximum absolute atomic E-state index is 13.6. The molecule has 1 aromatic heterocycles. The Morgan fingerprint density at radius 1 is 0.941 bits per heavy atom. The van der Waals surface area contributed by atoms with Crippen molar-refractivity contribution in [3.8, 4) is 5.69 Å². The molecule has 0 saturated heterocycles. The first-order valence-corrected chi connectivity index (χ1v) is 12.1. The molecular formula is C23H17Cl2N3O5S. The van der Waals surface area contributed by atoms with Crippen LogP contribution < -0.4 is 16.6 Å². The molecule has 0 aliphatic carbocycles. The van der Waals surface area contributed by atoms with Crippen LogP contribution in [0.2, 0.25) is 10.0 Å². The van der Waals surface area contributed by atoms with Crippen molar-refractivity contribution in [2.24, 2.45) is 0 Å². The number of hydrogen-bond acceptors (Lipinski definition) is 5. The summed E-state index contributed by atoms with van der Waals surface area (Å²) in [4.78, 5) is 37.8. The molecule has 0 fully saturated rings. The highest BCUT2D eigenvalue weighted by Gasteiger charge is 2.26. The highest BCUT2D eigenvalue weighted by atomic mass is 35.5. The lowest BCUT2D eigenvalue weighted by Gasteiger charge is -2.15. The number of hydrogen-bond donors (Lipinski definition) is 1. The monoisotopic (exact) mass is 517 g/mol. The van der Waals surface area contributed by atoms with E-state index >= 15 is 0 Å². The Bertz CT molecular complexity index is 1660. The molecular weight excluding hydrogens is 501 g/mol. The average Bonchev–Trinajstić information content (AvgIpc) is 2.78. The fourth-order valence-corrected chi connectivity index (χ4v) is 5.05. The van der Waals surface area contributed by atoms with E-state index in [-0.39, 0.29) is 37.2 Å². The molecule has 174 valence electrons. The minimum absolute atomic E-state index is 0.0196. The second-order valence-electron chi connectivity index (χ2n) is 7.39. The second-order valence-corrected chi connectivity index (χ2v) is 10.0. The Hall–Kier alpha value is -3.40. The van der Waals surface area contributed by atoms with Crippen LogP contribution in [-0.4, -0.2) is 22.9 Å². The van der Waals surface area contributed by atoms with Gasteiger partial charge in [-0.05, 0) is 60.2 Å². The molecule has 0 aliphatic rings. The Morgan fingerprint density at radius 3 is 2.29 bits per heavy atom. The van der Waals surface area contributed by atoms with Gasteiger partial charge < -0.3 is 5.32 Å². The molecule has 4 aromatic rings. The van der Waals surface area contributed by atoms with Crippen molar-refractivity contribution in [2.45, 2.75) is 18.4 Å². The summed E-state index contributed by atoms with van der Waals surface area (Å²) in [6.45, 7) is 1.57. The van der Waals surface area contributed by atoms with Gasteiger partial charge in [-0.2, -0.15) is 0 Å². The lowest BCUT2D eigenvalue weighted by Crippen LogP contribution is -2.43. The van der Waals surface area contributed by atoms with Crippen molar-refractivity contribution in [2.75, 3.05) is 0 Å². The van der Waals surface area contributed by atoms with Crippen LogP contribution in [0, 0.1) is 0 Å². The molecule has 1 heterocycles. The number of carbonyl (C=O) groups excluding carboxylic acids is 1. The summed E-state index contributed by atoms with van der Waals surface area (Å²) < 4.78 is 28.1. The van der Waals surface area contributed by atoms with E-state index in [0.29, 0.717) is 16.3 Å². The van der Waals surface area contributed by atoms with Crippen LogP contribution in [0.5, 0.6) is 0 Å². The molecule has 0 aliphatic heterocycles. The van der Waals surface area contributed by atoms with E-state index in [0.717, 1.165) is 4.57 Å². The lowest BCUT2D eigenvalue weighted by molar-refractivity contribution is -0.119. The number of nitrogens with zero attached hydrogens (tertiary/aromatic N) is 2. The molecule has 1 N–H and O–H groups in total. The van der Waals surface area contributed by atoms with Crippen LogP contribution >= 0.6 is 23.2 Å².